The molecule has 6 heteroatoms. The fraction of sp³-hybridized carbons (Fsp3) is 0.280. The topological polar surface area (TPSA) is 77.9 Å². The smallest absolute Gasteiger partial charge is 0.337 e. The number of carboxylic acid groups (broad SMARTS) is 1. The summed E-state index contributed by atoms with van der Waals surface area (Å²) in [4.78, 5) is 16.4. The summed E-state index contributed by atoms with van der Waals surface area (Å²) in [6.07, 6.45) is 0.858. The molecule has 31 heavy (non-hydrogen) atoms. The third-order valence-electron chi connectivity index (χ3n) is 4.83. The number of carboxylic acids is 1. The summed E-state index contributed by atoms with van der Waals surface area (Å²) in [6, 6.07) is 14.6. The Hall–Kier alpha value is -3.54. The zero-order chi connectivity index (χ0) is 22.4. The van der Waals surface area contributed by atoms with E-state index in [4.69, 9.17) is 14.2 Å². The molecule has 0 aliphatic rings. The van der Waals surface area contributed by atoms with Gasteiger partial charge in [0.2, 0.25) is 0 Å². The highest BCUT2D eigenvalue weighted by atomic mass is 16.5. The monoisotopic (exact) mass is 421 g/mol. The number of hydrogen-bond acceptors (Lipinski definition) is 5. The highest BCUT2D eigenvalue weighted by Crippen LogP contribution is 2.33. The third kappa shape index (κ3) is 5.34. The molecular formula is C25H27NO5. The SMILES string of the molecule is CCCOc1cc(OC)ccc1-c1ccc(C(=O)O)c(COc2ccc(C)cc2C)n1. The average Bonchev–Trinajstić information content (AvgIpc) is 2.76. The lowest BCUT2D eigenvalue weighted by atomic mass is 10.1. The maximum atomic E-state index is 11.7. The van der Waals surface area contributed by atoms with E-state index in [0.717, 1.165) is 23.1 Å². The first kappa shape index (κ1) is 22.2. The molecule has 0 spiro atoms. The molecule has 2 aromatic carbocycles. The second-order valence-electron chi connectivity index (χ2n) is 7.26. The highest BCUT2D eigenvalue weighted by Gasteiger charge is 2.17. The number of nitrogens with zero attached hydrogens (tertiary/aromatic N) is 1. The molecule has 3 rings (SSSR count). The second-order valence-corrected chi connectivity index (χ2v) is 7.26. The van der Waals surface area contributed by atoms with Crippen LogP contribution in [0.4, 0.5) is 0 Å². The third-order valence-corrected chi connectivity index (χ3v) is 4.83. The Balaban J connectivity index is 1.97. The van der Waals surface area contributed by atoms with Crippen molar-refractivity contribution in [3.63, 3.8) is 0 Å². The van der Waals surface area contributed by atoms with Gasteiger partial charge in [0.05, 0.1) is 30.7 Å². The van der Waals surface area contributed by atoms with E-state index in [9.17, 15) is 9.90 Å². The van der Waals surface area contributed by atoms with Crippen LogP contribution in [0.5, 0.6) is 17.2 Å². The highest BCUT2D eigenvalue weighted by molar-refractivity contribution is 5.89. The summed E-state index contributed by atoms with van der Waals surface area (Å²) in [5.74, 6) is 0.967. The Bertz CT molecular complexity index is 1080. The van der Waals surface area contributed by atoms with Gasteiger partial charge in [-0.15, -0.1) is 0 Å². The Kier molecular flexibility index (Phi) is 7.13. The molecule has 6 nitrogen and oxygen atoms in total. The van der Waals surface area contributed by atoms with Crippen LogP contribution in [0.3, 0.4) is 0 Å². The van der Waals surface area contributed by atoms with Gasteiger partial charge >= 0.3 is 5.97 Å². The van der Waals surface area contributed by atoms with Crippen molar-refractivity contribution < 1.29 is 24.1 Å². The quantitative estimate of drug-likeness (QED) is 0.496. The number of aromatic carboxylic acids is 1. The molecule has 1 N–H and O–H groups in total. The number of benzene rings is 2. The maximum Gasteiger partial charge on any atom is 0.337 e. The first-order valence-corrected chi connectivity index (χ1v) is 10.2. The number of ether oxygens (including phenoxy) is 3. The van der Waals surface area contributed by atoms with E-state index in [1.807, 2.05) is 57.2 Å². The van der Waals surface area contributed by atoms with Crippen LogP contribution in [-0.4, -0.2) is 29.8 Å². The van der Waals surface area contributed by atoms with Crippen LogP contribution in [-0.2, 0) is 6.61 Å². The number of methoxy groups -OCH3 is 1. The van der Waals surface area contributed by atoms with Crippen molar-refractivity contribution >= 4 is 5.97 Å². The lowest BCUT2D eigenvalue weighted by Gasteiger charge is -2.15. The number of aromatic nitrogens is 1. The normalized spacial score (nSPS) is 10.6. The molecule has 0 unspecified atom stereocenters. The van der Waals surface area contributed by atoms with Crippen LogP contribution < -0.4 is 14.2 Å². The largest absolute Gasteiger partial charge is 0.497 e. The van der Waals surface area contributed by atoms with Crippen molar-refractivity contribution in [2.24, 2.45) is 0 Å². The Morgan fingerprint density at radius 3 is 2.48 bits per heavy atom. The van der Waals surface area contributed by atoms with Gasteiger partial charge in [-0.2, -0.15) is 0 Å². The van der Waals surface area contributed by atoms with Crippen LogP contribution in [0.15, 0.2) is 48.5 Å². The molecule has 0 aliphatic carbocycles. The molecule has 0 bridgehead atoms. The Labute approximate surface area is 182 Å². The lowest BCUT2D eigenvalue weighted by Crippen LogP contribution is -2.09. The molecular weight excluding hydrogens is 394 g/mol. The van der Waals surface area contributed by atoms with Crippen LogP contribution in [0, 0.1) is 13.8 Å². The number of pyridine rings is 1. The van der Waals surface area contributed by atoms with Crippen LogP contribution in [0.25, 0.3) is 11.3 Å². The number of hydrogen-bond donors (Lipinski definition) is 1. The van der Waals surface area contributed by atoms with Crippen LogP contribution >= 0.6 is 0 Å². The fourth-order valence-electron chi connectivity index (χ4n) is 3.24. The van der Waals surface area contributed by atoms with Gasteiger partial charge in [0.15, 0.2) is 0 Å². The van der Waals surface area contributed by atoms with Crippen molar-refractivity contribution in [3.05, 3.63) is 70.9 Å². The zero-order valence-corrected chi connectivity index (χ0v) is 18.3. The van der Waals surface area contributed by atoms with Crippen molar-refractivity contribution in [3.8, 4) is 28.5 Å². The Morgan fingerprint density at radius 1 is 1.00 bits per heavy atom. The minimum atomic E-state index is -1.05. The summed E-state index contributed by atoms with van der Waals surface area (Å²) >= 11 is 0. The molecule has 0 radical (unpaired) electrons. The van der Waals surface area contributed by atoms with Gasteiger partial charge in [-0.05, 0) is 56.2 Å². The summed E-state index contributed by atoms with van der Waals surface area (Å²) in [6.45, 7) is 6.59. The number of carbonyl (C=O) groups is 1. The molecule has 0 aliphatic heterocycles. The molecule has 0 saturated heterocycles. The predicted octanol–water partition coefficient (Wildman–Crippen LogP) is 5.44. The van der Waals surface area contributed by atoms with Crippen molar-refractivity contribution in [2.75, 3.05) is 13.7 Å². The summed E-state index contributed by atoms with van der Waals surface area (Å²) in [7, 11) is 1.60. The molecule has 0 atom stereocenters. The molecule has 1 aromatic heterocycles. The van der Waals surface area contributed by atoms with E-state index in [-0.39, 0.29) is 12.2 Å². The van der Waals surface area contributed by atoms with Gasteiger partial charge in [-0.1, -0.05) is 24.6 Å². The van der Waals surface area contributed by atoms with E-state index >= 15 is 0 Å². The summed E-state index contributed by atoms with van der Waals surface area (Å²) in [5, 5.41) is 9.62. The van der Waals surface area contributed by atoms with Gasteiger partial charge in [0.1, 0.15) is 23.9 Å². The molecule has 0 amide bonds. The molecule has 1 heterocycles. The predicted molar refractivity (Wildman–Crippen MR) is 119 cm³/mol. The van der Waals surface area contributed by atoms with Crippen molar-refractivity contribution in [1.82, 2.24) is 4.98 Å². The first-order valence-electron chi connectivity index (χ1n) is 10.2. The Morgan fingerprint density at radius 2 is 1.81 bits per heavy atom. The van der Waals surface area contributed by atoms with Crippen LogP contribution in [0.2, 0.25) is 0 Å². The second kappa shape index (κ2) is 9.98. The van der Waals surface area contributed by atoms with E-state index in [1.165, 1.54) is 0 Å². The number of rotatable bonds is 9. The van der Waals surface area contributed by atoms with Gasteiger partial charge in [-0.25, -0.2) is 9.78 Å². The van der Waals surface area contributed by atoms with Gasteiger partial charge in [0.25, 0.3) is 0 Å². The molecule has 0 fully saturated rings. The maximum absolute atomic E-state index is 11.7. The van der Waals surface area contributed by atoms with E-state index in [1.54, 1.807) is 19.2 Å². The number of aryl methyl sites for hydroxylation is 2. The standard InChI is InChI=1S/C25H27NO5/c1-5-12-30-24-14-18(29-4)7-8-19(24)21-10-9-20(25(27)28)22(26-21)15-31-23-11-6-16(2)13-17(23)3/h6-11,13-14H,5,12,15H2,1-4H3,(H,27,28). The zero-order valence-electron chi connectivity index (χ0n) is 18.3. The molecule has 3 aromatic rings. The first-order chi connectivity index (χ1) is 14.9. The van der Waals surface area contributed by atoms with E-state index in [0.29, 0.717) is 35.2 Å². The van der Waals surface area contributed by atoms with Crippen molar-refractivity contribution in [1.29, 1.82) is 0 Å². The average molecular weight is 421 g/mol. The minimum Gasteiger partial charge on any atom is -0.497 e. The van der Waals surface area contributed by atoms with Gasteiger partial charge in [0, 0.05) is 11.6 Å². The fourth-order valence-corrected chi connectivity index (χ4v) is 3.24. The van der Waals surface area contributed by atoms with Crippen molar-refractivity contribution in [2.45, 2.75) is 33.8 Å². The van der Waals surface area contributed by atoms with Gasteiger partial charge in [-0.3, -0.25) is 0 Å². The van der Waals surface area contributed by atoms with Gasteiger partial charge < -0.3 is 19.3 Å². The summed E-state index contributed by atoms with van der Waals surface area (Å²) in [5.41, 5.74) is 3.95. The lowest BCUT2D eigenvalue weighted by molar-refractivity contribution is 0.0693. The minimum absolute atomic E-state index is 0.0423. The summed E-state index contributed by atoms with van der Waals surface area (Å²) < 4.78 is 17.1. The molecule has 162 valence electrons. The molecule has 0 saturated carbocycles. The van der Waals surface area contributed by atoms with E-state index < -0.39 is 5.97 Å². The van der Waals surface area contributed by atoms with E-state index in [2.05, 4.69) is 4.98 Å². The van der Waals surface area contributed by atoms with Crippen LogP contribution in [0.1, 0.15) is 40.5 Å².